The fourth-order valence-electron chi connectivity index (χ4n) is 1.93. The molecule has 2 N–H and O–H groups in total. The number of hydrogen-bond acceptors (Lipinski definition) is 4. The van der Waals surface area contributed by atoms with Gasteiger partial charge in [-0.15, -0.1) is 0 Å². The van der Waals surface area contributed by atoms with Crippen LogP contribution in [0.1, 0.15) is 27.0 Å². The Morgan fingerprint density at radius 1 is 1.15 bits per heavy atom. The first-order valence-electron chi connectivity index (χ1n) is 6.24. The normalized spacial score (nSPS) is 10.3. The number of aromatic hydroxyl groups is 2. The highest BCUT2D eigenvalue weighted by Gasteiger charge is 2.20. The molecule has 0 heterocycles. The molecule has 4 heteroatoms. The highest BCUT2D eigenvalue weighted by molar-refractivity contribution is 5.95. The molecule has 0 fully saturated rings. The number of phenolic OH excluding ortho intramolecular Hbond substituents is 2. The van der Waals surface area contributed by atoms with Gasteiger partial charge in [-0.05, 0) is 31.0 Å². The average Bonchev–Trinajstić information content (AvgIpc) is 2.44. The number of phenols is 2. The van der Waals surface area contributed by atoms with E-state index >= 15 is 0 Å². The van der Waals surface area contributed by atoms with E-state index in [1.807, 2.05) is 30.3 Å². The molecule has 2 aromatic carbocycles. The third kappa shape index (κ3) is 2.74. The summed E-state index contributed by atoms with van der Waals surface area (Å²) in [6, 6.07) is 10.7. The summed E-state index contributed by atoms with van der Waals surface area (Å²) in [4.78, 5) is 12.1. The predicted octanol–water partition coefficient (Wildman–Crippen LogP) is 3.07. The van der Waals surface area contributed by atoms with Crippen molar-refractivity contribution in [1.29, 1.82) is 0 Å². The summed E-state index contributed by atoms with van der Waals surface area (Å²) in [6.07, 6.45) is 0. The lowest BCUT2D eigenvalue weighted by Gasteiger charge is -2.12. The van der Waals surface area contributed by atoms with Crippen molar-refractivity contribution in [2.75, 3.05) is 0 Å². The van der Waals surface area contributed by atoms with Crippen LogP contribution in [0, 0.1) is 13.8 Å². The minimum absolute atomic E-state index is 0.0420. The molecule has 20 heavy (non-hydrogen) atoms. The van der Waals surface area contributed by atoms with Gasteiger partial charge in [-0.2, -0.15) is 0 Å². The molecule has 2 aromatic rings. The number of ether oxygens (including phenoxy) is 1. The molecule has 0 radical (unpaired) electrons. The Hall–Kier alpha value is -2.49. The van der Waals surface area contributed by atoms with E-state index in [-0.39, 0.29) is 29.2 Å². The number of hydrogen-bond donors (Lipinski definition) is 2. The van der Waals surface area contributed by atoms with Crippen LogP contribution in [0.25, 0.3) is 0 Å². The zero-order valence-electron chi connectivity index (χ0n) is 11.4. The molecule has 4 nitrogen and oxygen atoms in total. The van der Waals surface area contributed by atoms with Crippen LogP contribution in [0.4, 0.5) is 0 Å². The first-order chi connectivity index (χ1) is 9.50. The standard InChI is InChI=1S/C16H16O4/c1-10-8-13(17)11(2)15(18)14(10)16(19)20-9-12-6-4-3-5-7-12/h3-8,17-18H,9H2,1-2H3. The molecule has 0 aliphatic rings. The van der Waals surface area contributed by atoms with Gasteiger partial charge >= 0.3 is 5.97 Å². The third-order valence-electron chi connectivity index (χ3n) is 3.14. The smallest absolute Gasteiger partial charge is 0.342 e. The van der Waals surface area contributed by atoms with E-state index in [4.69, 9.17) is 4.74 Å². The van der Waals surface area contributed by atoms with E-state index < -0.39 is 5.97 Å². The third-order valence-corrected chi connectivity index (χ3v) is 3.14. The molecular formula is C16H16O4. The first kappa shape index (κ1) is 13.9. The van der Waals surface area contributed by atoms with Crippen molar-refractivity contribution >= 4 is 5.97 Å². The SMILES string of the molecule is Cc1cc(O)c(C)c(O)c1C(=O)OCc1ccccc1. The summed E-state index contributed by atoms with van der Waals surface area (Å²) in [6.45, 7) is 3.31. The molecule has 104 valence electrons. The fraction of sp³-hybridized carbons (Fsp3) is 0.188. The van der Waals surface area contributed by atoms with E-state index in [9.17, 15) is 15.0 Å². The summed E-state index contributed by atoms with van der Waals surface area (Å²) in [5.41, 5.74) is 1.70. The molecule has 0 spiro atoms. The Morgan fingerprint density at radius 2 is 1.80 bits per heavy atom. The second-order valence-corrected chi connectivity index (χ2v) is 4.62. The number of carbonyl (C=O) groups excluding carboxylic acids is 1. The van der Waals surface area contributed by atoms with Crippen LogP contribution >= 0.6 is 0 Å². The lowest BCUT2D eigenvalue weighted by Crippen LogP contribution is -2.08. The number of aryl methyl sites for hydroxylation is 1. The first-order valence-corrected chi connectivity index (χ1v) is 6.24. The second kappa shape index (κ2) is 5.65. The van der Waals surface area contributed by atoms with E-state index in [1.165, 1.54) is 13.0 Å². The Morgan fingerprint density at radius 3 is 2.45 bits per heavy atom. The van der Waals surface area contributed by atoms with E-state index in [1.54, 1.807) is 6.92 Å². The van der Waals surface area contributed by atoms with Crippen molar-refractivity contribution in [2.24, 2.45) is 0 Å². The lowest BCUT2D eigenvalue weighted by molar-refractivity contribution is 0.0468. The van der Waals surface area contributed by atoms with E-state index in [0.717, 1.165) is 5.56 Å². The van der Waals surface area contributed by atoms with Gasteiger partial charge in [0, 0.05) is 5.56 Å². The van der Waals surface area contributed by atoms with Gasteiger partial charge in [0.05, 0.1) is 0 Å². The molecule has 0 atom stereocenters. The molecule has 2 rings (SSSR count). The monoisotopic (exact) mass is 272 g/mol. The molecular weight excluding hydrogens is 256 g/mol. The Kier molecular flexibility index (Phi) is 3.94. The molecule has 0 amide bonds. The van der Waals surface area contributed by atoms with Crippen molar-refractivity contribution < 1.29 is 19.7 Å². The van der Waals surface area contributed by atoms with Gasteiger partial charge < -0.3 is 14.9 Å². The van der Waals surface area contributed by atoms with Crippen LogP contribution in [0.5, 0.6) is 11.5 Å². The van der Waals surface area contributed by atoms with Crippen LogP contribution in [0.15, 0.2) is 36.4 Å². The molecule has 0 aliphatic carbocycles. The van der Waals surface area contributed by atoms with Crippen molar-refractivity contribution in [2.45, 2.75) is 20.5 Å². The average molecular weight is 272 g/mol. The van der Waals surface area contributed by atoms with Crippen LogP contribution in [-0.2, 0) is 11.3 Å². The van der Waals surface area contributed by atoms with Crippen molar-refractivity contribution in [3.63, 3.8) is 0 Å². The van der Waals surface area contributed by atoms with E-state index in [2.05, 4.69) is 0 Å². The second-order valence-electron chi connectivity index (χ2n) is 4.62. The van der Waals surface area contributed by atoms with Crippen molar-refractivity contribution in [3.05, 3.63) is 58.7 Å². The molecule has 0 unspecified atom stereocenters. The number of rotatable bonds is 3. The van der Waals surface area contributed by atoms with Gasteiger partial charge in [0.1, 0.15) is 23.7 Å². The predicted molar refractivity (Wildman–Crippen MR) is 74.8 cm³/mol. The molecule has 0 saturated heterocycles. The van der Waals surface area contributed by atoms with Crippen LogP contribution in [0.2, 0.25) is 0 Å². The maximum absolute atomic E-state index is 12.1. The van der Waals surface area contributed by atoms with Crippen LogP contribution in [0.3, 0.4) is 0 Å². The summed E-state index contributed by atoms with van der Waals surface area (Å²) in [7, 11) is 0. The zero-order valence-corrected chi connectivity index (χ0v) is 11.4. The van der Waals surface area contributed by atoms with Gasteiger partial charge in [0.15, 0.2) is 0 Å². The Bertz CT molecular complexity index is 633. The Balaban J connectivity index is 2.20. The lowest BCUT2D eigenvalue weighted by atomic mass is 10.0. The van der Waals surface area contributed by atoms with Gasteiger partial charge in [-0.3, -0.25) is 0 Å². The van der Waals surface area contributed by atoms with Crippen molar-refractivity contribution in [1.82, 2.24) is 0 Å². The summed E-state index contributed by atoms with van der Waals surface area (Å²) in [5.74, 6) is -0.882. The zero-order chi connectivity index (χ0) is 14.7. The quantitative estimate of drug-likeness (QED) is 0.843. The Labute approximate surface area is 117 Å². The largest absolute Gasteiger partial charge is 0.508 e. The van der Waals surface area contributed by atoms with Gasteiger partial charge in [-0.25, -0.2) is 4.79 Å². The highest BCUT2D eigenvalue weighted by atomic mass is 16.5. The maximum Gasteiger partial charge on any atom is 0.342 e. The molecule has 0 aliphatic heterocycles. The summed E-state index contributed by atoms with van der Waals surface area (Å²) < 4.78 is 5.19. The topological polar surface area (TPSA) is 66.8 Å². The number of carbonyl (C=O) groups is 1. The molecule has 0 aromatic heterocycles. The van der Waals surface area contributed by atoms with Crippen molar-refractivity contribution in [3.8, 4) is 11.5 Å². The summed E-state index contributed by atoms with van der Waals surface area (Å²) >= 11 is 0. The number of esters is 1. The fourth-order valence-corrected chi connectivity index (χ4v) is 1.93. The molecule has 0 saturated carbocycles. The number of benzene rings is 2. The minimum Gasteiger partial charge on any atom is -0.508 e. The van der Waals surface area contributed by atoms with Gasteiger partial charge in [0.2, 0.25) is 0 Å². The summed E-state index contributed by atoms with van der Waals surface area (Å²) in [5, 5.41) is 19.5. The van der Waals surface area contributed by atoms with Crippen LogP contribution < -0.4 is 0 Å². The minimum atomic E-state index is -0.605. The molecule has 0 bridgehead atoms. The van der Waals surface area contributed by atoms with Gasteiger partial charge in [-0.1, -0.05) is 30.3 Å². The van der Waals surface area contributed by atoms with Crippen LogP contribution in [-0.4, -0.2) is 16.2 Å². The van der Waals surface area contributed by atoms with Gasteiger partial charge in [0.25, 0.3) is 0 Å². The maximum atomic E-state index is 12.1. The highest BCUT2D eigenvalue weighted by Crippen LogP contribution is 2.33. The van der Waals surface area contributed by atoms with E-state index in [0.29, 0.717) is 5.56 Å².